The molecule has 0 unspecified atom stereocenters. The number of aliphatic hydroxyl groups excluding tert-OH is 2. The molecule has 5 rings (SSSR count). The van der Waals surface area contributed by atoms with Gasteiger partial charge in [0.1, 0.15) is 5.75 Å². The smallest absolute Gasteiger partial charge is 0.238 e. The molecule has 1 aliphatic carbocycles. The van der Waals surface area contributed by atoms with Gasteiger partial charge >= 0.3 is 0 Å². The van der Waals surface area contributed by atoms with Crippen molar-refractivity contribution in [1.82, 2.24) is 0 Å². The van der Waals surface area contributed by atoms with Crippen LogP contribution in [0.15, 0.2) is 95.6 Å². The minimum atomic E-state index is -0.872. The fourth-order valence-corrected chi connectivity index (χ4v) is 6.55. The summed E-state index contributed by atoms with van der Waals surface area (Å²) >= 11 is 0. The van der Waals surface area contributed by atoms with Crippen molar-refractivity contribution in [2.24, 2.45) is 23.7 Å². The molecule has 2 amide bonds. The number of hydrogen-bond donors (Lipinski definition) is 4. The number of carbonyl (C=O) groups is 2. The molecule has 224 valence electrons. The summed E-state index contributed by atoms with van der Waals surface area (Å²) in [5, 5.41) is 35.6. The van der Waals surface area contributed by atoms with E-state index in [0.29, 0.717) is 36.1 Å². The van der Waals surface area contributed by atoms with Gasteiger partial charge in [0, 0.05) is 22.9 Å². The highest BCUT2D eigenvalue weighted by atomic mass is 16.3. The molecule has 0 spiro atoms. The standard InChI is InChI=1S/C36H40N2O5/c1-22(2)28-20-29-34(30(21-39)33(28)32(41)18-13-23(3)19-24-9-7-8-12-31(24)40)36(43)38(35(29)42)27-16-14-26(15-17-27)37-25-10-5-4-6-11-25/h4-12,14-17,19,22,29-30,32,34,37,39-41H,13,18,20-21H2,1-3H3/b23-19+/t29-,30+,32-,34-/m1/s1. The second kappa shape index (κ2) is 13.0. The minimum absolute atomic E-state index is 0.0397. The largest absolute Gasteiger partial charge is 0.507 e. The average molecular weight is 581 g/mol. The quantitative estimate of drug-likeness (QED) is 0.162. The molecule has 0 saturated carbocycles. The molecule has 3 aromatic carbocycles. The highest BCUT2D eigenvalue weighted by molar-refractivity contribution is 6.22. The number of para-hydroxylation sites is 2. The molecule has 7 heteroatoms. The molecule has 1 fully saturated rings. The fourth-order valence-electron chi connectivity index (χ4n) is 6.55. The van der Waals surface area contributed by atoms with E-state index in [9.17, 15) is 24.9 Å². The molecule has 4 N–H and O–H groups in total. The summed E-state index contributed by atoms with van der Waals surface area (Å²) < 4.78 is 0. The van der Waals surface area contributed by atoms with Crippen LogP contribution in [-0.4, -0.2) is 39.8 Å². The van der Waals surface area contributed by atoms with Crippen LogP contribution in [0.1, 0.15) is 45.6 Å². The Morgan fingerprint density at radius 3 is 2.26 bits per heavy atom. The summed E-state index contributed by atoms with van der Waals surface area (Å²) in [4.78, 5) is 28.9. The van der Waals surface area contributed by atoms with E-state index in [-0.39, 0.29) is 30.1 Å². The summed E-state index contributed by atoms with van der Waals surface area (Å²) in [6, 6.07) is 24.0. The third kappa shape index (κ3) is 6.28. The van der Waals surface area contributed by atoms with Gasteiger partial charge in [-0.3, -0.25) is 14.5 Å². The minimum Gasteiger partial charge on any atom is -0.507 e. The number of phenolic OH excluding ortho intramolecular Hbond substituents is 1. The maximum atomic E-state index is 13.9. The molecule has 0 aromatic heterocycles. The number of anilines is 3. The molecule has 1 aliphatic heterocycles. The Bertz CT molecular complexity index is 1530. The van der Waals surface area contributed by atoms with Crippen LogP contribution in [0.25, 0.3) is 6.08 Å². The van der Waals surface area contributed by atoms with E-state index in [1.54, 1.807) is 24.3 Å². The number of aliphatic hydroxyl groups is 2. The normalized spacial score (nSPS) is 21.4. The Labute approximate surface area is 253 Å². The van der Waals surface area contributed by atoms with Gasteiger partial charge in [-0.2, -0.15) is 0 Å². The van der Waals surface area contributed by atoms with E-state index in [4.69, 9.17) is 0 Å². The summed E-state index contributed by atoms with van der Waals surface area (Å²) in [5.74, 6) is -2.31. The predicted octanol–water partition coefficient (Wildman–Crippen LogP) is 6.45. The van der Waals surface area contributed by atoms with Crippen molar-refractivity contribution < 1.29 is 24.9 Å². The lowest BCUT2D eigenvalue weighted by molar-refractivity contribution is -0.123. The molecule has 7 nitrogen and oxygen atoms in total. The number of hydrogen-bond acceptors (Lipinski definition) is 6. The SMILES string of the molecule is C/C(=C\c1ccccc1O)CC[C@@H](O)C1=C(C(C)C)C[C@H]2C(=O)N(c3ccc(Nc4ccccc4)cc3)C(=O)[C@H]2[C@H]1CO. The molecular weight excluding hydrogens is 540 g/mol. The molecule has 43 heavy (non-hydrogen) atoms. The summed E-state index contributed by atoms with van der Waals surface area (Å²) in [5.41, 5.74) is 5.61. The molecule has 3 aromatic rings. The number of benzene rings is 3. The van der Waals surface area contributed by atoms with Crippen LogP contribution in [0.3, 0.4) is 0 Å². The van der Waals surface area contributed by atoms with Gasteiger partial charge in [0.15, 0.2) is 0 Å². The van der Waals surface area contributed by atoms with Crippen molar-refractivity contribution in [2.45, 2.75) is 46.1 Å². The number of nitrogens with one attached hydrogen (secondary N) is 1. The van der Waals surface area contributed by atoms with Crippen molar-refractivity contribution in [3.63, 3.8) is 0 Å². The van der Waals surface area contributed by atoms with Crippen LogP contribution in [0.5, 0.6) is 5.75 Å². The molecule has 4 atom stereocenters. The molecule has 1 saturated heterocycles. The van der Waals surface area contributed by atoms with Gasteiger partial charge in [0.25, 0.3) is 0 Å². The summed E-state index contributed by atoms with van der Waals surface area (Å²) in [6.07, 6.45) is 2.38. The van der Waals surface area contributed by atoms with Gasteiger partial charge in [-0.05, 0) is 80.1 Å². The van der Waals surface area contributed by atoms with Crippen LogP contribution in [0.2, 0.25) is 0 Å². The lowest BCUT2D eigenvalue weighted by atomic mass is 9.66. The Morgan fingerprint density at radius 2 is 1.60 bits per heavy atom. The van der Waals surface area contributed by atoms with Crippen molar-refractivity contribution in [3.8, 4) is 5.75 Å². The lowest BCUT2D eigenvalue weighted by Crippen LogP contribution is -2.39. The lowest BCUT2D eigenvalue weighted by Gasteiger charge is -2.38. The third-order valence-electron chi connectivity index (χ3n) is 8.71. The van der Waals surface area contributed by atoms with E-state index >= 15 is 0 Å². The van der Waals surface area contributed by atoms with Crippen LogP contribution in [0, 0.1) is 23.7 Å². The molecule has 0 bridgehead atoms. The Morgan fingerprint density at radius 1 is 0.953 bits per heavy atom. The number of nitrogens with zero attached hydrogens (tertiary/aromatic N) is 1. The van der Waals surface area contributed by atoms with E-state index < -0.39 is 23.9 Å². The van der Waals surface area contributed by atoms with E-state index in [1.807, 2.05) is 81.4 Å². The van der Waals surface area contributed by atoms with Crippen LogP contribution in [0.4, 0.5) is 17.1 Å². The second-order valence-electron chi connectivity index (χ2n) is 11.9. The van der Waals surface area contributed by atoms with E-state index in [2.05, 4.69) is 5.32 Å². The number of imide groups is 1. The summed E-state index contributed by atoms with van der Waals surface area (Å²) in [6.45, 7) is 5.67. The van der Waals surface area contributed by atoms with Crippen molar-refractivity contribution >= 4 is 35.0 Å². The Balaban J connectivity index is 1.36. The topological polar surface area (TPSA) is 110 Å². The Hall–Kier alpha value is -4.20. The fraction of sp³-hybridized carbons (Fsp3) is 0.333. The first-order valence-corrected chi connectivity index (χ1v) is 15.0. The monoisotopic (exact) mass is 580 g/mol. The zero-order valence-electron chi connectivity index (χ0n) is 24.9. The van der Waals surface area contributed by atoms with Crippen molar-refractivity contribution in [1.29, 1.82) is 0 Å². The average Bonchev–Trinajstić information content (AvgIpc) is 3.26. The maximum Gasteiger partial charge on any atom is 0.238 e. The van der Waals surface area contributed by atoms with Gasteiger partial charge < -0.3 is 20.6 Å². The van der Waals surface area contributed by atoms with Crippen molar-refractivity contribution in [3.05, 3.63) is 101 Å². The van der Waals surface area contributed by atoms with E-state index in [0.717, 1.165) is 22.5 Å². The number of carbonyl (C=O) groups excluding carboxylic acids is 2. The number of allylic oxidation sites excluding steroid dienone is 2. The number of fused-ring (bicyclic) bond motifs is 1. The van der Waals surface area contributed by atoms with Crippen LogP contribution >= 0.6 is 0 Å². The highest BCUT2D eigenvalue weighted by Gasteiger charge is 2.55. The van der Waals surface area contributed by atoms with Crippen LogP contribution < -0.4 is 10.2 Å². The first kappa shape index (κ1) is 30.3. The highest BCUT2D eigenvalue weighted by Crippen LogP contribution is 2.49. The summed E-state index contributed by atoms with van der Waals surface area (Å²) in [7, 11) is 0. The first-order chi connectivity index (χ1) is 20.7. The third-order valence-corrected chi connectivity index (χ3v) is 8.71. The number of rotatable bonds is 10. The second-order valence-corrected chi connectivity index (χ2v) is 11.9. The van der Waals surface area contributed by atoms with E-state index in [1.165, 1.54) is 4.90 Å². The van der Waals surface area contributed by atoms with Gasteiger partial charge in [0.2, 0.25) is 11.8 Å². The van der Waals surface area contributed by atoms with Crippen LogP contribution in [-0.2, 0) is 9.59 Å². The van der Waals surface area contributed by atoms with Gasteiger partial charge in [0.05, 0.1) is 30.2 Å². The number of phenols is 1. The zero-order valence-corrected chi connectivity index (χ0v) is 24.9. The number of aromatic hydroxyl groups is 1. The maximum absolute atomic E-state index is 13.9. The van der Waals surface area contributed by atoms with Gasteiger partial charge in [-0.25, -0.2) is 0 Å². The van der Waals surface area contributed by atoms with Gasteiger partial charge in [-0.1, -0.05) is 67.5 Å². The molecule has 0 radical (unpaired) electrons. The molecule has 1 heterocycles. The molecular formula is C36H40N2O5. The Kier molecular flexibility index (Phi) is 9.14. The van der Waals surface area contributed by atoms with Crippen molar-refractivity contribution in [2.75, 3.05) is 16.8 Å². The van der Waals surface area contributed by atoms with Gasteiger partial charge in [-0.15, -0.1) is 0 Å². The zero-order chi connectivity index (χ0) is 30.7. The number of amides is 2. The first-order valence-electron chi connectivity index (χ1n) is 15.0. The molecule has 2 aliphatic rings. The predicted molar refractivity (Wildman–Crippen MR) is 170 cm³/mol.